The first kappa shape index (κ1) is 37.4. The Morgan fingerprint density at radius 2 is 1.24 bits per heavy atom. The standard InChI is InChI=1S/C58H48BN2S/c1-36-33-41(52-47(29-30-51-53(52)40-21-12-15-26-50(40)62-51)60-39-27-28-42-45(35-39)57(4,5)32-31-56(42,2)3)54-49(34-36)61-48-25-14-13-22-43(48)58(37-17-8-6-9-18-37,38-19-10-7-11-20-38)44-23-16-24-46(59-54)55(44)61/h6-30,33-35,60H,31-32H2,1-5H3. The molecule has 12 rings (SSSR count). The third-order valence-electron chi connectivity index (χ3n) is 14.4. The topological polar surface area (TPSA) is 15.3 Å². The van der Waals surface area contributed by atoms with Crippen molar-refractivity contribution >= 4 is 78.2 Å². The van der Waals surface area contributed by atoms with Gasteiger partial charge in [0.05, 0.1) is 11.1 Å². The highest BCUT2D eigenvalue weighted by Crippen LogP contribution is 2.58. The minimum Gasteiger partial charge on any atom is -0.355 e. The Morgan fingerprint density at radius 1 is 0.565 bits per heavy atom. The molecular weight excluding hydrogens is 768 g/mol. The first-order valence-electron chi connectivity index (χ1n) is 22.1. The summed E-state index contributed by atoms with van der Waals surface area (Å²) in [6.45, 7) is 11.9. The molecule has 0 saturated heterocycles. The fraction of sp³-hybridized carbons (Fsp3) is 0.172. The fourth-order valence-electron chi connectivity index (χ4n) is 11.4. The average Bonchev–Trinajstić information content (AvgIpc) is 3.67. The lowest BCUT2D eigenvalue weighted by molar-refractivity contribution is 0.332. The van der Waals surface area contributed by atoms with E-state index in [0.29, 0.717) is 0 Å². The third-order valence-corrected chi connectivity index (χ3v) is 15.6. The molecule has 0 spiro atoms. The molecule has 0 atom stereocenters. The van der Waals surface area contributed by atoms with Gasteiger partial charge in [-0.05, 0) is 123 Å². The van der Waals surface area contributed by atoms with Crippen molar-refractivity contribution in [2.45, 2.75) is 63.7 Å². The highest BCUT2D eigenvalue weighted by Gasteiger charge is 2.48. The summed E-state index contributed by atoms with van der Waals surface area (Å²) in [4.78, 5) is 2.59. The van der Waals surface area contributed by atoms with Gasteiger partial charge in [0, 0.05) is 48.5 Å². The molecule has 1 aliphatic carbocycles. The SMILES string of the molecule is Cc1cc(-c2c(Nc3ccc4c(c3)C(C)(C)CCC4(C)C)ccc3sc4ccccc4c23)c2c(c1)N1c3ccccc3C(c3ccccc3)(c3ccccc3)c3cccc(c31)[B]2. The predicted octanol–water partition coefficient (Wildman–Crippen LogP) is 14.3. The van der Waals surface area contributed by atoms with E-state index in [9.17, 15) is 0 Å². The van der Waals surface area contributed by atoms with Gasteiger partial charge in [0.2, 0.25) is 0 Å². The van der Waals surface area contributed by atoms with Crippen LogP contribution in [-0.4, -0.2) is 7.28 Å². The lowest BCUT2D eigenvalue weighted by Crippen LogP contribution is -2.47. The summed E-state index contributed by atoms with van der Waals surface area (Å²) < 4.78 is 2.61. The highest BCUT2D eigenvalue weighted by molar-refractivity contribution is 7.26. The molecular formula is C58H48BN2S. The monoisotopic (exact) mass is 815 g/mol. The maximum absolute atomic E-state index is 4.06. The molecule has 1 N–H and O–H groups in total. The van der Waals surface area contributed by atoms with E-state index in [1.165, 1.54) is 111 Å². The largest absolute Gasteiger partial charge is 0.355 e. The summed E-state index contributed by atoms with van der Waals surface area (Å²) in [6, 6.07) is 64.0. The van der Waals surface area contributed by atoms with Crippen molar-refractivity contribution < 1.29 is 0 Å². The molecule has 8 aromatic carbocycles. The highest BCUT2D eigenvalue weighted by atomic mass is 32.1. The van der Waals surface area contributed by atoms with E-state index < -0.39 is 5.41 Å². The number of hydrogen-bond acceptors (Lipinski definition) is 3. The van der Waals surface area contributed by atoms with Crippen molar-refractivity contribution in [1.82, 2.24) is 0 Å². The lowest BCUT2D eigenvalue weighted by Gasteiger charge is -2.49. The lowest BCUT2D eigenvalue weighted by atomic mass is 9.54. The van der Waals surface area contributed by atoms with Gasteiger partial charge in [0.1, 0.15) is 0 Å². The van der Waals surface area contributed by atoms with Gasteiger partial charge in [0.15, 0.2) is 7.28 Å². The van der Waals surface area contributed by atoms with Gasteiger partial charge < -0.3 is 10.2 Å². The third kappa shape index (κ3) is 5.35. The molecule has 0 saturated carbocycles. The summed E-state index contributed by atoms with van der Waals surface area (Å²) in [7, 11) is 2.48. The average molecular weight is 816 g/mol. The number of aryl methyl sites for hydroxylation is 1. The molecule has 1 radical (unpaired) electrons. The Hall–Kier alpha value is -6.36. The van der Waals surface area contributed by atoms with Crippen molar-refractivity contribution in [2.24, 2.45) is 0 Å². The molecule has 62 heavy (non-hydrogen) atoms. The van der Waals surface area contributed by atoms with Gasteiger partial charge in [-0.2, -0.15) is 0 Å². The van der Waals surface area contributed by atoms with E-state index in [0.717, 1.165) is 11.4 Å². The van der Waals surface area contributed by atoms with Gasteiger partial charge in [-0.25, -0.2) is 0 Å². The summed E-state index contributed by atoms with van der Waals surface area (Å²) >= 11 is 1.89. The number of rotatable bonds is 5. The number of hydrogen-bond donors (Lipinski definition) is 1. The van der Waals surface area contributed by atoms with E-state index in [4.69, 9.17) is 0 Å². The van der Waals surface area contributed by atoms with Crippen molar-refractivity contribution in [3.05, 3.63) is 209 Å². The van der Waals surface area contributed by atoms with Gasteiger partial charge in [0.25, 0.3) is 0 Å². The zero-order valence-electron chi connectivity index (χ0n) is 36.0. The Kier molecular flexibility index (Phi) is 8.19. The van der Waals surface area contributed by atoms with Crippen molar-refractivity contribution in [3.63, 3.8) is 0 Å². The van der Waals surface area contributed by atoms with Crippen LogP contribution in [0, 0.1) is 6.92 Å². The number of nitrogens with zero attached hydrogens (tertiary/aromatic N) is 1. The first-order valence-corrected chi connectivity index (χ1v) is 23.0. The Labute approximate surface area is 370 Å². The van der Waals surface area contributed by atoms with Crippen LogP contribution in [0.15, 0.2) is 170 Å². The number of para-hydroxylation sites is 2. The molecule has 2 aliphatic heterocycles. The summed E-state index contributed by atoms with van der Waals surface area (Å²) in [5.41, 5.74) is 19.9. The molecule has 3 heterocycles. The summed E-state index contributed by atoms with van der Waals surface area (Å²) in [5, 5.41) is 6.67. The number of nitrogens with one attached hydrogen (secondary N) is 1. The van der Waals surface area contributed by atoms with Crippen LogP contribution in [0.4, 0.5) is 28.4 Å². The minimum absolute atomic E-state index is 0.110. The molecule has 9 aromatic rings. The second kappa shape index (κ2) is 13.6. The molecule has 4 heteroatoms. The van der Waals surface area contributed by atoms with Gasteiger partial charge >= 0.3 is 0 Å². The van der Waals surface area contributed by atoms with Crippen molar-refractivity contribution in [3.8, 4) is 11.1 Å². The smallest absolute Gasteiger partial charge is 0.197 e. The number of thiophene rings is 1. The van der Waals surface area contributed by atoms with E-state index in [1.807, 2.05) is 11.3 Å². The number of benzene rings is 8. The zero-order valence-corrected chi connectivity index (χ0v) is 36.8. The van der Waals surface area contributed by atoms with E-state index in [-0.39, 0.29) is 10.8 Å². The maximum atomic E-state index is 4.06. The number of anilines is 5. The quantitative estimate of drug-likeness (QED) is 0.174. The van der Waals surface area contributed by atoms with Crippen LogP contribution in [0.3, 0.4) is 0 Å². The van der Waals surface area contributed by atoms with Crippen LogP contribution in [-0.2, 0) is 16.2 Å². The minimum atomic E-state index is -0.518. The predicted molar refractivity (Wildman–Crippen MR) is 266 cm³/mol. The second-order valence-corrected chi connectivity index (χ2v) is 20.2. The molecule has 0 unspecified atom stereocenters. The molecule has 3 aliphatic rings. The van der Waals surface area contributed by atoms with E-state index in [2.05, 4.69) is 222 Å². The fourth-order valence-corrected chi connectivity index (χ4v) is 12.5. The molecule has 0 fully saturated rings. The Morgan fingerprint density at radius 3 is 2.02 bits per heavy atom. The Bertz CT molecular complexity index is 3230. The molecule has 0 amide bonds. The number of fused-ring (bicyclic) bond motifs is 8. The van der Waals surface area contributed by atoms with E-state index in [1.54, 1.807) is 0 Å². The summed E-state index contributed by atoms with van der Waals surface area (Å²) in [6.07, 6.45) is 2.38. The second-order valence-electron chi connectivity index (χ2n) is 19.1. The van der Waals surface area contributed by atoms with Crippen LogP contribution < -0.4 is 21.1 Å². The van der Waals surface area contributed by atoms with Gasteiger partial charge in [-0.15, -0.1) is 11.3 Å². The summed E-state index contributed by atoms with van der Waals surface area (Å²) in [5.74, 6) is 0. The zero-order chi connectivity index (χ0) is 42.0. The van der Waals surface area contributed by atoms with Crippen molar-refractivity contribution in [1.29, 1.82) is 0 Å². The van der Waals surface area contributed by atoms with Crippen LogP contribution >= 0.6 is 11.3 Å². The van der Waals surface area contributed by atoms with E-state index >= 15 is 0 Å². The molecule has 1 aromatic heterocycles. The molecule has 2 nitrogen and oxygen atoms in total. The van der Waals surface area contributed by atoms with Crippen LogP contribution in [0.25, 0.3) is 31.3 Å². The maximum Gasteiger partial charge on any atom is 0.197 e. The molecule has 299 valence electrons. The Balaban J connectivity index is 1.12. The first-order chi connectivity index (χ1) is 30.1. The van der Waals surface area contributed by atoms with Crippen LogP contribution in [0.5, 0.6) is 0 Å². The normalized spacial score (nSPS) is 16.2. The van der Waals surface area contributed by atoms with Crippen LogP contribution in [0.1, 0.15) is 79.5 Å². The van der Waals surface area contributed by atoms with Gasteiger partial charge in [-0.3, -0.25) is 0 Å². The van der Waals surface area contributed by atoms with Crippen LogP contribution in [0.2, 0.25) is 0 Å². The van der Waals surface area contributed by atoms with Crippen molar-refractivity contribution in [2.75, 3.05) is 10.2 Å². The molecule has 0 bridgehead atoms. The van der Waals surface area contributed by atoms with Gasteiger partial charge in [-0.1, -0.05) is 161 Å².